The normalized spacial score (nSPS) is 8.88. The molecule has 16 heavy (non-hydrogen) atoms. The zero-order valence-corrected chi connectivity index (χ0v) is 9.44. The maximum Gasteiger partial charge on any atom is 0.221 e. The fraction of sp³-hybridized carbons (Fsp3) is 0.500. The molecule has 0 aromatic rings. The Balaban J connectivity index is 0. The lowest BCUT2D eigenvalue weighted by Crippen LogP contribution is -2.20. The maximum absolute atomic E-state index is 10.3. The smallest absolute Gasteiger partial charge is 0.221 e. The van der Waals surface area contributed by atoms with Crippen molar-refractivity contribution in [2.75, 3.05) is 0 Å². The molecule has 6 heteroatoms. The molecule has 0 atom stereocenters. The third kappa shape index (κ3) is 18.0. The molecule has 0 bridgehead atoms. The Kier molecular flexibility index (Phi) is 10.0. The summed E-state index contributed by atoms with van der Waals surface area (Å²) in [6, 6.07) is 0. The van der Waals surface area contributed by atoms with Crippen molar-refractivity contribution in [2.45, 2.75) is 26.2 Å². The number of hydrogen-bond acceptors (Lipinski definition) is 3. The maximum atomic E-state index is 10.3. The van der Waals surface area contributed by atoms with Crippen molar-refractivity contribution in [1.82, 2.24) is 0 Å². The first-order chi connectivity index (χ1) is 7.29. The second-order valence-electron chi connectivity index (χ2n) is 3.41. The zero-order valence-electron chi connectivity index (χ0n) is 9.44. The van der Waals surface area contributed by atoms with Crippen molar-refractivity contribution in [3.63, 3.8) is 0 Å². The minimum Gasteiger partial charge on any atom is -0.370 e. The Hall–Kier alpha value is -1.85. The summed E-state index contributed by atoms with van der Waals surface area (Å²) >= 11 is 0. The van der Waals surface area contributed by atoms with Crippen molar-refractivity contribution in [1.29, 1.82) is 0 Å². The number of hydrogen-bond donors (Lipinski definition) is 3. The summed E-state index contributed by atoms with van der Waals surface area (Å²) in [5.41, 5.74) is 14.4. The Morgan fingerprint density at radius 1 is 1.06 bits per heavy atom. The summed E-state index contributed by atoms with van der Waals surface area (Å²) in [7, 11) is 0. The Labute approximate surface area is 94.8 Å². The molecule has 0 unspecified atom stereocenters. The largest absolute Gasteiger partial charge is 0.370 e. The Bertz CT molecular complexity index is 248. The first-order valence-corrected chi connectivity index (χ1v) is 4.75. The van der Waals surface area contributed by atoms with Gasteiger partial charge in [0.05, 0.1) is 0 Å². The lowest BCUT2D eigenvalue weighted by atomic mass is 10.0. The van der Waals surface area contributed by atoms with Crippen LogP contribution in [0.3, 0.4) is 0 Å². The monoisotopic (exact) mass is 229 g/mol. The fourth-order valence-corrected chi connectivity index (χ4v) is 0.901. The molecule has 6 nitrogen and oxygen atoms in total. The van der Waals surface area contributed by atoms with Crippen molar-refractivity contribution < 1.29 is 14.4 Å². The molecule has 0 saturated carbocycles. The van der Waals surface area contributed by atoms with E-state index >= 15 is 0 Å². The highest BCUT2D eigenvalue weighted by Crippen LogP contribution is 2.04. The van der Waals surface area contributed by atoms with Gasteiger partial charge in [-0.15, -0.1) is 6.58 Å². The lowest BCUT2D eigenvalue weighted by Gasteiger charge is -2.03. The summed E-state index contributed by atoms with van der Waals surface area (Å²) in [6.45, 7) is 5.06. The van der Waals surface area contributed by atoms with E-state index in [-0.39, 0.29) is 31.1 Å². The molecule has 0 rings (SSSR count). The highest BCUT2D eigenvalue weighted by atomic mass is 16.2. The predicted octanol–water partition coefficient (Wildman–Crippen LogP) is -0.579. The first kappa shape index (κ1) is 16.6. The molecule has 0 heterocycles. The molecule has 0 aromatic heterocycles. The second kappa shape index (κ2) is 9.70. The average Bonchev–Trinajstić information content (AvgIpc) is 2.00. The van der Waals surface area contributed by atoms with Gasteiger partial charge in [0.1, 0.15) is 0 Å². The van der Waals surface area contributed by atoms with Gasteiger partial charge < -0.3 is 17.2 Å². The van der Waals surface area contributed by atoms with Gasteiger partial charge in [0, 0.05) is 19.3 Å². The molecule has 0 aliphatic carbocycles. The van der Waals surface area contributed by atoms with Crippen LogP contribution in [0.15, 0.2) is 12.7 Å². The van der Waals surface area contributed by atoms with Crippen LogP contribution in [0.5, 0.6) is 0 Å². The molecule has 0 fully saturated rings. The van der Waals surface area contributed by atoms with Gasteiger partial charge in [-0.2, -0.15) is 0 Å². The van der Waals surface area contributed by atoms with Crippen LogP contribution in [0.4, 0.5) is 0 Å². The van der Waals surface area contributed by atoms with Crippen molar-refractivity contribution in [3.05, 3.63) is 12.7 Å². The van der Waals surface area contributed by atoms with Crippen LogP contribution >= 0.6 is 0 Å². The summed E-state index contributed by atoms with van der Waals surface area (Å²) in [5.74, 6) is -1.15. The third-order valence-electron chi connectivity index (χ3n) is 1.44. The quantitative estimate of drug-likeness (QED) is 0.527. The number of carbonyl (C=O) groups excluding carboxylic acids is 3. The van der Waals surface area contributed by atoms with Crippen LogP contribution in [0.25, 0.3) is 0 Å². The molecule has 0 aliphatic rings. The minimum atomic E-state index is -0.395. The van der Waals surface area contributed by atoms with Gasteiger partial charge in [-0.25, -0.2) is 0 Å². The summed E-state index contributed by atoms with van der Waals surface area (Å²) in [5, 5.41) is 0. The Morgan fingerprint density at radius 3 is 1.56 bits per heavy atom. The van der Waals surface area contributed by atoms with E-state index in [0.717, 1.165) is 0 Å². The van der Waals surface area contributed by atoms with Gasteiger partial charge in [0.2, 0.25) is 17.7 Å². The molecular weight excluding hydrogens is 210 g/mol. The van der Waals surface area contributed by atoms with E-state index in [1.807, 2.05) is 0 Å². The molecule has 0 aliphatic heterocycles. The highest BCUT2D eigenvalue weighted by molar-refractivity contribution is 5.77. The van der Waals surface area contributed by atoms with Gasteiger partial charge in [0.25, 0.3) is 0 Å². The predicted molar refractivity (Wildman–Crippen MR) is 60.8 cm³/mol. The minimum absolute atomic E-state index is 0.0324. The standard InChI is InChI=1S/C6H12N2O2.C4H7NO/c1-4(2-5(7)9)3-6(8)10;1-2-3-4(5)6/h4H,2-3H2,1H3,(H2,7,9)(H2,8,10);2H,1,3H2,(H2,5,6). The molecule has 0 aromatic carbocycles. The molecule has 0 spiro atoms. The zero-order chi connectivity index (χ0) is 13.1. The summed E-state index contributed by atoms with van der Waals surface area (Å²) in [6.07, 6.45) is 2.20. The van der Waals surface area contributed by atoms with E-state index in [0.29, 0.717) is 0 Å². The van der Waals surface area contributed by atoms with Gasteiger partial charge in [-0.3, -0.25) is 14.4 Å². The molecule has 3 amide bonds. The van der Waals surface area contributed by atoms with E-state index in [1.54, 1.807) is 6.92 Å². The van der Waals surface area contributed by atoms with Crippen LogP contribution in [0, 0.1) is 5.92 Å². The summed E-state index contributed by atoms with van der Waals surface area (Å²) in [4.78, 5) is 30.3. The molecule has 0 radical (unpaired) electrons. The average molecular weight is 229 g/mol. The topological polar surface area (TPSA) is 129 Å². The van der Waals surface area contributed by atoms with Crippen LogP contribution in [0.1, 0.15) is 26.2 Å². The van der Waals surface area contributed by atoms with Crippen LogP contribution in [-0.4, -0.2) is 17.7 Å². The molecule has 0 saturated heterocycles. The van der Waals surface area contributed by atoms with Gasteiger partial charge >= 0.3 is 0 Å². The van der Waals surface area contributed by atoms with E-state index in [4.69, 9.17) is 17.2 Å². The van der Waals surface area contributed by atoms with E-state index < -0.39 is 11.8 Å². The number of primary amides is 3. The van der Waals surface area contributed by atoms with Crippen LogP contribution in [-0.2, 0) is 14.4 Å². The van der Waals surface area contributed by atoms with E-state index in [1.165, 1.54) is 6.08 Å². The second-order valence-corrected chi connectivity index (χ2v) is 3.41. The van der Waals surface area contributed by atoms with Crippen molar-refractivity contribution in [2.24, 2.45) is 23.1 Å². The van der Waals surface area contributed by atoms with Crippen molar-refractivity contribution >= 4 is 17.7 Å². The summed E-state index contributed by atoms with van der Waals surface area (Å²) < 4.78 is 0. The molecule has 92 valence electrons. The first-order valence-electron chi connectivity index (χ1n) is 4.75. The highest BCUT2D eigenvalue weighted by Gasteiger charge is 2.08. The third-order valence-corrected chi connectivity index (χ3v) is 1.44. The number of nitrogens with two attached hydrogens (primary N) is 3. The number of amides is 3. The van der Waals surface area contributed by atoms with Crippen molar-refractivity contribution in [3.8, 4) is 0 Å². The lowest BCUT2D eigenvalue weighted by molar-refractivity contribution is -0.121. The number of carbonyl (C=O) groups is 3. The Morgan fingerprint density at radius 2 is 1.44 bits per heavy atom. The van der Waals surface area contributed by atoms with Gasteiger partial charge in [-0.1, -0.05) is 13.0 Å². The molecular formula is C10H19N3O3. The number of rotatable bonds is 6. The molecule has 6 N–H and O–H groups in total. The van der Waals surface area contributed by atoms with Crippen LogP contribution in [0.2, 0.25) is 0 Å². The van der Waals surface area contributed by atoms with Gasteiger partial charge in [-0.05, 0) is 5.92 Å². The van der Waals surface area contributed by atoms with E-state index in [9.17, 15) is 14.4 Å². The SMILES string of the molecule is C=CCC(N)=O.CC(CC(N)=O)CC(N)=O. The fourth-order valence-electron chi connectivity index (χ4n) is 0.901. The van der Waals surface area contributed by atoms with E-state index in [2.05, 4.69) is 6.58 Å². The van der Waals surface area contributed by atoms with Gasteiger partial charge in [0.15, 0.2) is 0 Å². The van der Waals surface area contributed by atoms with Crippen LogP contribution < -0.4 is 17.2 Å².